The third-order valence-electron chi connectivity index (χ3n) is 2.54. The minimum atomic E-state index is -0.132. The molecule has 0 aliphatic carbocycles. The van der Waals surface area contributed by atoms with Gasteiger partial charge in [0.25, 0.3) is 0 Å². The van der Waals surface area contributed by atoms with E-state index >= 15 is 0 Å². The molecule has 0 spiro atoms. The first-order valence-electron chi connectivity index (χ1n) is 4.82. The second-order valence-electron chi connectivity index (χ2n) is 3.75. The Labute approximate surface area is 90.4 Å². The molecule has 14 heavy (non-hydrogen) atoms. The molecule has 82 valence electrons. The molecule has 1 aliphatic heterocycles. The molecule has 1 atom stereocenters. The molecule has 0 radical (unpaired) electrons. The third kappa shape index (κ3) is 3.24. The highest BCUT2D eigenvalue weighted by molar-refractivity contribution is 6.25. The van der Waals surface area contributed by atoms with E-state index in [9.17, 15) is 0 Å². The lowest BCUT2D eigenvalue weighted by Crippen LogP contribution is -2.43. The van der Waals surface area contributed by atoms with Crippen molar-refractivity contribution in [1.29, 1.82) is 0 Å². The van der Waals surface area contributed by atoms with E-state index in [0.717, 1.165) is 31.7 Å². The summed E-state index contributed by atoms with van der Waals surface area (Å²) in [6.07, 6.45) is 0.958. The van der Waals surface area contributed by atoms with Crippen molar-refractivity contribution in [3.8, 4) is 0 Å². The fraction of sp³-hybridized carbons (Fsp3) is 0.800. The number of nitrogens with one attached hydrogen (secondary N) is 1. The highest BCUT2D eigenvalue weighted by atomic mass is 35.5. The number of ether oxygens (including phenoxy) is 2. The molecule has 0 saturated carbocycles. The second kappa shape index (κ2) is 5.71. The first-order valence-corrected chi connectivity index (χ1v) is 5.25. The van der Waals surface area contributed by atoms with E-state index in [0.29, 0.717) is 6.61 Å². The van der Waals surface area contributed by atoms with Crippen LogP contribution >= 0.6 is 11.6 Å². The van der Waals surface area contributed by atoms with Gasteiger partial charge in [0.2, 0.25) is 0 Å². The number of methoxy groups -OCH3 is 1. The molecule has 1 heterocycles. The third-order valence-corrected chi connectivity index (χ3v) is 2.91. The average molecular weight is 220 g/mol. The lowest BCUT2D eigenvalue weighted by atomic mass is 10.0. The van der Waals surface area contributed by atoms with Gasteiger partial charge in [0.05, 0.1) is 6.61 Å². The quantitative estimate of drug-likeness (QED) is 0.761. The molecular formula is C10H18ClNO2. The predicted octanol–water partition coefficient (Wildman–Crippen LogP) is 1.52. The van der Waals surface area contributed by atoms with Crippen LogP contribution in [0.1, 0.15) is 13.3 Å². The minimum absolute atomic E-state index is 0.132. The van der Waals surface area contributed by atoms with Crippen LogP contribution in [0.4, 0.5) is 0 Å². The van der Waals surface area contributed by atoms with Crippen molar-refractivity contribution in [3.63, 3.8) is 0 Å². The van der Waals surface area contributed by atoms with Gasteiger partial charge in [-0.25, -0.2) is 0 Å². The summed E-state index contributed by atoms with van der Waals surface area (Å²) in [5, 5.41) is 3.31. The maximum atomic E-state index is 5.56. The molecule has 1 fully saturated rings. The molecule has 1 N–H and O–H groups in total. The van der Waals surface area contributed by atoms with Crippen molar-refractivity contribution in [3.05, 3.63) is 11.1 Å². The lowest BCUT2D eigenvalue weighted by molar-refractivity contribution is -0.0151. The summed E-state index contributed by atoms with van der Waals surface area (Å²) in [7, 11) is 1.74. The van der Waals surface area contributed by atoms with Gasteiger partial charge in [0, 0.05) is 38.8 Å². The number of hydrogen-bond acceptors (Lipinski definition) is 3. The van der Waals surface area contributed by atoms with E-state index in [1.165, 1.54) is 0 Å². The number of rotatable bonds is 5. The Kier molecular flexibility index (Phi) is 4.89. The van der Waals surface area contributed by atoms with E-state index in [-0.39, 0.29) is 5.60 Å². The first kappa shape index (κ1) is 12.0. The van der Waals surface area contributed by atoms with E-state index in [2.05, 4.69) is 5.32 Å². The maximum absolute atomic E-state index is 5.56. The Morgan fingerprint density at radius 3 is 3.00 bits per heavy atom. The van der Waals surface area contributed by atoms with E-state index in [1.807, 2.05) is 6.92 Å². The maximum Gasteiger partial charge on any atom is 0.106 e. The van der Waals surface area contributed by atoms with Crippen LogP contribution in [0.15, 0.2) is 11.1 Å². The summed E-state index contributed by atoms with van der Waals surface area (Å²) >= 11 is 5.56. The molecule has 3 nitrogen and oxygen atoms in total. The Balaban J connectivity index is 2.28. The van der Waals surface area contributed by atoms with Crippen LogP contribution in [0.3, 0.4) is 0 Å². The zero-order chi connectivity index (χ0) is 10.4. The molecule has 4 heteroatoms. The smallest absolute Gasteiger partial charge is 0.106 e. The highest BCUT2D eigenvalue weighted by Gasteiger charge is 2.34. The summed E-state index contributed by atoms with van der Waals surface area (Å²) in [5.74, 6) is 0. The number of hydrogen-bond donors (Lipinski definition) is 1. The molecule has 1 saturated heterocycles. The molecule has 1 aliphatic rings. The van der Waals surface area contributed by atoms with Crippen LogP contribution in [0, 0.1) is 0 Å². The topological polar surface area (TPSA) is 30.5 Å². The fourth-order valence-electron chi connectivity index (χ4n) is 1.49. The molecule has 0 aromatic carbocycles. The molecule has 1 rings (SSSR count). The van der Waals surface area contributed by atoms with Gasteiger partial charge in [0.1, 0.15) is 5.60 Å². The zero-order valence-corrected chi connectivity index (χ0v) is 9.56. The Morgan fingerprint density at radius 2 is 2.50 bits per heavy atom. The molecule has 0 aromatic heterocycles. The van der Waals surface area contributed by atoms with Gasteiger partial charge in [-0.05, 0) is 12.5 Å². The molecular weight excluding hydrogens is 202 g/mol. The normalized spacial score (nSPS) is 28.4. The van der Waals surface area contributed by atoms with Crippen LogP contribution < -0.4 is 5.32 Å². The van der Waals surface area contributed by atoms with Gasteiger partial charge in [-0.2, -0.15) is 0 Å². The van der Waals surface area contributed by atoms with Gasteiger partial charge in [-0.3, -0.25) is 0 Å². The van der Waals surface area contributed by atoms with Crippen molar-refractivity contribution in [1.82, 2.24) is 5.32 Å². The summed E-state index contributed by atoms with van der Waals surface area (Å²) in [5.41, 5.74) is 2.58. The van der Waals surface area contributed by atoms with Gasteiger partial charge >= 0.3 is 0 Å². The van der Waals surface area contributed by atoms with Crippen molar-refractivity contribution in [2.45, 2.75) is 18.9 Å². The minimum Gasteiger partial charge on any atom is -0.378 e. The molecule has 0 amide bonds. The fourth-order valence-corrected chi connectivity index (χ4v) is 1.56. The Bertz CT molecular complexity index is 200. The van der Waals surface area contributed by atoms with Crippen LogP contribution in [-0.2, 0) is 9.47 Å². The van der Waals surface area contributed by atoms with Crippen LogP contribution in [0.25, 0.3) is 0 Å². The Hall–Kier alpha value is -0.0900. The molecule has 1 unspecified atom stereocenters. The van der Waals surface area contributed by atoms with Gasteiger partial charge in [-0.15, -0.1) is 0 Å². The highest BCUT2D eigenvalue weighted by Crippen LogP contribution is 2.21. The molecule has 0 bridgehead atoms. The molecule has 0 aromatic rings. The average Bonchev–Trinajstić information content (AvgIpc) is 2.67. The first-order chi connectivity index (χ1) is 6.72. The van der Waals surface area contributed by atoms with E-state index in [1.54, 1.807) is 12.6 Å². The van der Waals surface area contributed by atoms with E-state index in [4.69, 9.17) is 21.1 Å². The summed E-state index contributed by atoms with van der Waals surface area (Å²) in [6.45, 7) is 5.07. The van der Waals surface area contributed by atoms with Crippen molar-refractivity contribution >= 4 is 11.6 Å². The lowest BCUT2D eigenvalue weighted by Gasteiger charge is -2.26. The van der Waals surface area contributed by atoms with Crippen molar-refractivity contribution < 1.29 is 9.47 Å². The summed E-state index contributed by atoms with van der Waals surface area (Å²) < 4.78 is 10.8. The summed E-state index contributed by atoms with van der Waals surface area (Å²) in [4.78, 5) is 0. The van der Waals surface area contributed by atoms with Crippen LogP contribution in [0.5, 0.6) is 0 Å². The Morgan fingerprint density at radius 1 is 1.71 bits per heavy atom. The SMILES string of the molecule is COC1(CNCC(C)=CCl)CCOC1. The number of halogens is 1. The summed E-state index contributed by atoms with van der Waals surface area (Å²) in [6, 6.07) is 0. The monoisotopic (exact) mass is 219 g/mol. The van der Waals surface area contributed by atoms with Gasteiger partial charge in [0.15, 0.2) is 0 Å². The largest absolute Gasteiger partial charge is 0.378 e. The van der Waals surface area contributed by atoms with Crippen molar-refractivity contribution in [2.24, 2.45) is 0 Å². The van der Waals surface area contributed by atoms with E-state index < -0.39 is 0 Å². The van der Waals surface area contributed by atoms with Crippen LogP contribution in [0.2, 0.25) is 0 Å². The van der Waals surface area contributed by atoms with Gasteiger partial charge in [-0.1, -0.05) is 11.6 Å². The van der Waals surface area contributed by atoms with Crippen molar-refractivity contribution in [2.75, 3.05) is 33.4 Å². The van der Waals surface area contributed by atoms with Crippen LogP contribution in [-0.4, -0.2) is 39.0 Å². The standard InChI is InChI=1S/C10H18ClNO2/c1-9(5-11)6-12-7-10(13-2)3-4-14-8-10/h5,12H,3-4,6-8H2,1-2H3. The van der Waals surface area contributed by atoms with Gasteiger partial charge < -0.3 is 14.8 Å². The second-order valence-corrected chi connectivity index (χ2v) is 3.97. The predicted molar refractivity (Wildman–Crippen MR) is 57.7 cm³/mol. The zero-order valence-electron chi connectivity index (χ0n) is 8.81.